The molecular weight excluding hydrogens is 133 g/mol. The summed E-state index contributed by atoms with van der Waals surface area (Å²) in [6.07, 6.45) is -4.29. The second kappa shape index (κ2) is 3.06. The van der Waals surface area contributed by atoms with Crippen molar-refractivity contribution >= 4 is 0 Å². The zero-order chi connectivity index (χ0) is 7.49. The minimum atomic E-state index is -4.23. The van der Waals surface area contributed by atoms with Gasteiger partial charge in [-0.1, -0.05) is 6.92 Å². The largest absolute Gasteiger partial charge is 0.396 e. The average molecular weight is 142 g/mol. The minimum absolute atomic E-state index is 0.0556. The van der Waals surface area contributed by atoms with Crippen LogP contribution in [-0.2, 0) is 0 Å². The smallest absolute Gasteiger partial charge is 0.393 e. The number of aliphatic hydroxyl groups is 1. The summed E-state index contributed by atoms with van der Waals surface area (Å²) in [5, 5.41) is 8.14. The first-order chi connectivity index (χ1) is 4.02. The van der Waals surface area contributed by atoms with Gasteiger partial charge in [0.25, 0.3) is 0 Å². The predicted molar refractivity (Wildman–Crippen MR) is 26.9 cm³/mol. The number of rotatable bonds is 2. The van der Waals surface area contributed by atoms with E-state index in [1.165, 1.54) is 6.92 Å². The van der Waals surface area contributed by atoms with Gasteiger partial charge < -0.3 is 5.11 Å². The monoisotopic (exact) mass is 142 g/mol. The predicted octanol–water partition coefficient (Wildman–Crippen LogP) is 1.57. The van der Waals surface area contributed by atoms with Crippen molar-refractivity contribution in [2.75, 3.05) is 6.61 Å². The minimum Gasteiger partial charge on any atom is -0.396 e. The molecule has 0 radical (unpaired) electrons. The van der Waals surface area contributed by atoms with Crippen LogP contribution in [0.3, 0.4) is 0 Å². The normalized spacial score (nSPS) is 15.7. The lowest BCUT2D eigenvalue weighted by Gasteiger charge is -2.14. The molecule has 0 aromatic carbocycles. The molecule has 0 saturated carbocycles. The van der Waals surface area contributed by atoms with Crippen molar-refractivity contribution in [1.82, 2.24) is 0 Å². The summed E-state index contributed by atoms with van der Waals surface area (Å²) in [6.45, 7) is 0.592. The summed E-state index contributed by atoms with van der Waals surface area (Å²) < 4.78 is 34.7. The van der Waals surface area contributed by atoms with Crippen LogP contribution < -0.4 is 0 Å². The van der Waals surface area contributed by atoms with Crippen molar-refractivity contribution in [3.63, 3.8) is 0 Å². The fourth-order valence-electron chi connectivity index (χ4n) is 0.464. The molecule has 0 aromatic rings. The highest BCUT2D eigenvalue weighted by atomic mass is 19.4. The third-order valence-electron chi connectivity index (χ3n) is 1.18. The SMILES string of the molecule is CCC(CO)C(F)(F)F. The van der Waals surface area contributed by atoms with E-state index in [2.05, 4.69) is 0 Å². The molecule has 0 aliphatic rings. The van der Waals surface area contributed by atoms with Gasteiger partial charge in [0.2, 0.25) is 0 Å². The summed E-state index contributed by atoms with van der Waals surface area (Å²) in [5.74, 6) is -1.54. The molecule has 0 heterocycles. The average Bonchev–Trinajstić information content (AvgIpc) is 1.65. The standard InChI is InChI=1S/C5H9F3O/c1-2-4(3-9)5(6,7)8/h4,9H,2-3H2,1H3. The van der Waals surface area contributed by atoms with Crippen molar-refractivity contribution in [2.45, 2.75) is 19.5 Å². The Kier molecular flexibility index (Phi) is 2.97. The topological polar surface area (TPSA) is 20.2 Å². The molecule has 0 spiro atoms. The van der Waals surface area contributed by atoms with E-state index in [0.29, 0.717) is 0 Å². The Morgan fingerprint density at radius 1 is 1.44 bits per heavy atom. The van der Waals surface area contributed by atoms with Crippen LogP contribution in [0, 0.1) is 5.92 Å². The summed E-state index contributed by atoms with van der Waals surface area (Å²) in [7, 11) is 0. The molecule has 1 unspecified atom stereocenters. The van der Waals surface area contributed by atoms with Crippen molar-refractivity contribution in [3.8, 4) is 0 Å². The van der Waals surface area contributed by atoms with Crippen molar-refractivity contribution < 1.29 is 18.3 Å². The first kappa shape index (κ1) is 8.75. The van der Waals surface area contributed by atoms with Crippen LogP contribution in [0.25, 0.3) is 0 Å². The van der Waals surface area contributed by atoms with Gasteiger partial charge in [0.15, 0.2) is 0 Å². The van der Waals surface area contributed by atoms with E-state index in [4.69, 9.17) is 5.11 Å². The number of alkyl halides is 3. The highest BCUT2D eigenvalue weighted by Gasteiger charge is 2.37. The van der Waals surface area contributed by atoms with Gasteiger partial charge >= 0.3 is 6.18 Å². The van der Waals surface area contributed by atoms with Gasteiger partial charge in [-0.05, 0) is 6.42 Å². The van der Waals surface area contributed by atoms with Crippen LogP contribution in [0.4, 0.5) is 13.2 Å². The van der Waals surface area contributed by atoms with Crippen LogP contribution in [0.15, 0.2) is 0 Å². The zero-order valence-corrected chi connectivity index (χ0v) is 5.07. The maximum atomic E-state index is 11.6. The van der Waals surface area contributed by atoms with Gasteiger partial charge in [0.05, 0.1) is 12.5 Å². The molecule has 1 N–H and O–H groups in total. The second-order valence-corrected chi connectivity index (χ2v) is 1.83. The molecular formula is C5H9F3O. The molecule has 0 aromatic heterocycles. The molecule has 9 heavy (non-hydrogen) atoms. The Balaban J connectivity index is 3.79. The van der Waals surface area contributed by atoms with Crippen LogP contribution in [0.1, 0.15) is 13.3 Å². The lowest BCUT2D eigenvalue weighted by Crippen LogP contribution is -2.25. The van der Waals surface area contributed by atoms with E-state index in [1.807, 2.05) is 0 Å². The van der Waals surface area contributed by atoms with Crippen LogP contribution in [-0.4, -0.2) is 17.9 Å². The molecule has 0 aliphatic heterocycles. The van der Waals surface area contributed by atoms with E-state index in [1.54, 1.807) is 0 Å². The molecule has 56 valence electrons. The van der Waals surface area contributed by atoms with Crippen LogP contribution >= 0.6 is 0 Å². The summed E-state index contributed by atoms with van der Waals surface area (Å²) in [5.41, 5.74) is 0. The summed E-state index contributed by atoms with van der Waals surface area (Å²) >= 11 is 0. The molecule has 4 heteroatoms. The Hall–Kier alpha value is -0.250. The summed E-state index contributed by atoms with van der Waals surface area (Å²) in [6, 6.07) is 0. The fraction of sp³-hybridized carbons (Fsp3) is 1.00. The molecule has 0 aliphatic carbocycles. The molecule has 0 fully saturated rings. The molecule has 1 nitrogen and oxygen atoms in total. The van der Waals surface area contributed by atoms with E-state index in [9.17, 15) is 13.2 Å². The highest BCUT2D eigenvalue weighted by molar-refractivity contribution is 4.63. The number of hydrogen-bond donors (Lipinski definition) is 1. The number of aliphatic hydroxyl groups excluding tert-OH is 1. The Morgan fingerprint density at radius 2 is 1.89 bits per heavy atom. The summed E-state index contributed by atoms with van der Waals surface area (Å²) in [4.78, 5) is 0. The zero-order valence-electron chi connectivity index (χ0n) is 5.07. The van der Waals surface area contributed by atoms with Gasteiger partial charge in [-0.3, -0.25) is 0 Å². The Morgan fingerprint density at radius 3 is 1.89 bits per heavy atom. The third kappa shape index (κ3) is 2.70. The fourth-order valence-corrected chi connectivity index (χ4v) is 0.464. The van der Waals surface area contributed by atoms with E-state index in [0.717, 1.165) is 0 Å². The quantitative estimate of drug-likeness (QED) is 0.620. The molecule has 1 atom stereocenters. The van der Waals surface area contributed by atoms with Gasteiger partial charge in [0, 0.05) is 0 Å². The van der Waals surface area contributed by atoms with Gasteiger partial charge in [-0.25, -0.2) is 0 Å². The van der Waals surface area contributed by atoms with E-state index < -0.39 is 18.7 Å². The molecule has 0 saturated heterocycles. The van der Waals surface area contributed by atoms with Gasteiger partial charge in [0.1, 0.15) is 0 Å². The van der Waals surface area contributed by atoms with Gasteiger partial charge in [-0.15, -0.1) is 0 Å². The molecule has 0 rings (SSSR count). The Labute approximate surface area is 51.5 Å². The van der Waals surface area contributed by atoms with E-state index in [-0.39, 0.29) is 6.42 Å². The van der Waals surface area contributed by atoms with Crippen molar-refractivity contribution in [1.29, 1.82) is 0 Å². The first-order valence-electron chi connectivity index (χ1n) is 2.70. The maximum absolute atomic E-state index is 11.6. The number of hydrogen-bond acceptors (Lipinski definition) is 1. The molecule has 0 bridgehead atoms. The van der Waals surface area contributed by atoms with Crippen molar-refractivity contribution in [3.05, 3.63) is 0 Å². The number of halogens is 3. The molecule has 0 amide bonds. The maximum Gasteiger partial charge on any atom is 0.393 e. The lowest BCUT2D eigenvalue weighted by atomic mass is 10.1. The Bertz CT molecular complexity index is 74.8. The lowest BCUT2D eigenvalue weighted by molar-refractivity contribution is -0.184. The first-order valence-corrected chi connectivity index (χ1v) is 2.70. The van der Waals surface area contributed by atoms with Gasteiger partial charge in [-0.2, -0.15) is 13.2 Å². The van der Waals surface area contributed by atoms with Crippen LogP contribution in [0.5, 0.6) is 0 Å². The highest BCUT2D eigenvalue weighted by Crippen LogP contribution is 2.27. The van der Waals surface area contributed by atoms with Crippen molar-refractivity contribution in [2.24, 2.45) is 5.92 Å². The van der Waals surface area contributed by atoms with Crippen LogP contribution in [0.2, 0.25) is 0 Å². The second-order valence-electron chi connectivity index (χ2n) is 1.83. The van der Waals surface area contributed by atoms with E-state index >= 15 is 0 Å². The third-order valence-corrected chi connectivity index (χ3v) is 1.18.